The van der Waals surface area contributed by atoms with Gasteiger partial charge >= 0.3 is 0 Å². The Balaban J connectivity index is 2.75. The van der Waals surface area contributed by atoms with Gasteiger partial charge in [0.05, 0.1) is 12.5 Å². The number of nitrogens with one attached hydrogen (secondary N) is 1. The molecule has 0 aliphatic carbocycles. The molecule has 0 saturated heterocycles. The van der Waals surface area contributed by atoms with E-state index in [4.69, 9.17) is 0 Å². The first-order valence-electron chi connectivity index (χ1n) is 5.14. The summed E-state index contributed by atoms with van der Waals surface area (Å²) in [7, 11) is 0. The Bertz CT molecular complexity index is 446. The Morgan fingerprint density at radius 3 is 2.59 bits per heavy atom. The number of carbonyl (C=O) groups is 2. The fourth-order valence-electron chi connectivity index (χ4n) is 1.44. The summed E-state index contributed by atoms with van der Waals surface area (Å²) >= 11 is 0. The van der Waals surface area contributed by atoms with Gasteiger partial charge in [0.15, 0.2) is 0 Å². The Hall–Kier alpha value is -1.78. The van der Waals surface area contributed by atoms with E-state index in [1.165, 1.54) is 13.8 Å². The summed E-state index contributed by atoms with van der Waals surface area (Å²) in [5, 5.41) is 2.43. The fourth-order valence-corrected chi connectivity index (χ4v) is 1.44. The highest BCUT2D eigenvalue weighted by molar-refractivity contribution is 5.96. The summed E-state index contributed by atoms with van der Waals surface area (Å²) < 4.78 is 26.3. The summed E-state index contributed by atoms with van der Waals surface area (Å²) in [5.74, 6) is -1.96. The summed E-state index contributed by atoms with van der Waals surface area (Å²) in [6.45, 7) is 2.81. The summed E-state index contributed by atoms with van der Waals surface area (Å²) in [6.07, 6.45) is -0.263. The molecule has 1 unspecified atom stereocenters. The highest BCUT2D eigenvalue weighted by atomic mass is 19.1. The SMILES string of the molecule is CC(=O)CC(=O)NC(C)c1cc(F)ccc1F. The molecular weight excluding hydrogens is 228 g/mol. The molecule has 0 fully saturated rings. The topological polar surface area (TPSA) is 46.2 Å². The number of hydrogen-bond acceptors (Lipinski definition) is 2. The molecule has 5 heteroatoms. The largest absolute Gasteiger partial charge is 0.349 e. The lowest BCUT2D eigenvalue weighted by Crippen LogP contribution is -2.28. The van der Waals surface area contributed by atoms with Crippen LogP contribution in [0.15, 0.2) is 18.2 Å². The number of halogens is 2. The third-order valence-electron chi connectivity index (χ3n) is 2.21. The van der Waals surface area contributed by atoms with E-state index in [1.807, 2.05) is 0 Å². The molecule has 0 bridgehead atoms. The second kappa shape index (κ2) is 5.52. The maximum atomic E-state index is 13.3. The first-order valence-corrected chi connectivity index (χ1v) is 5.14. The van der Waals surface area contributed by atoms with E-state index in [-0.39, 0.29) is 17.8 Å². The second-order valence-corrected chi connectivity index (χ2v) is 3.83. The third kappa shape index (κ3) is 3.94. The highest BCUT2D eigenvalue weighted by Gasteiger charge is 2.15. The van der Waals surface area contributed by atoms with Crippen molar-refractivity contribution in [3.8, 4) is 0 Å². The zero-order valence-electron chi connectivity index (χ0n) is 9.59. The molecule has 0 heterocycles. The molecule has 0 saturated carbocycles. The van der Waals surface area contributed by atoms with Crippen LogP contribution in [0, 0.1) is 11.6 Å². The van der Waals surface area contributed by atoms with E-state index in [2.05, 4.69) is 5.32 Å². The van der Waals surface area contributed by atoms with E-state index < -0.39 is 23.6 Å². The van der Waals surface area contributed by atoms with Crippen LogP contribution in [0.4, 0.5) is 8.78 Å². The van der Waals surface area contributed by atoms with E-state index in [0.717, 1.165) is 18.2 Å². The summed E-state index contributed by atoms with van der Waals surface area (Å²) in [4.78, 5) is 22.0. The van der Waals surface area contributed by atoms with Gasteiger partial charge in [-0.15, -0.1) is 0 Å². The maximum absolute atomic E-state index is 13.3. The van der Waals surface area contributed by atoms with Crippen molar-refractivity contribution >= 4 is 11.7 Å². The van der Waals surface area contributed by atoms with E-state index in [0.29, 0.717) is 0 Å². The minimum absolute atomic E-state index is 0.0573. The molecule has 1 atom stereocenters. The standard InChI is InChI=1S/C12H13F2NO2/c1-7(16)5-12(17)15-8(2)10-6-9(13)3-4-11(10)14/h3-4,6,8H,5H2,1-2H3,(H,15,17). The number of benzene rings is 1. The third-order valence-corrected chi connectivity index (χ3v) is 2.21. The van der Waals surface area contributed by atoms with Crippen molar-refractivity contribution in [1.82, 2.24) is 5.32 Å². The molecule has 0 radical (unpaired) electrons. The molecule has 0 aromatic heterocycles. The number of rotatable bonds is 4. The van der Waals surface area contributed by atoms with Gasteiger partial charge in [0.1, 0.15) is 17.4 Å². The molecule has 1 amide bonds. The number of hydrogen-bond donors (Lipinski definition) is 1. The average Bonchev–Trinajstić information content (AvgIpc) is 2.20. The molecule has 3 nitrogen and oxygen atoms in total. The van der Waals surface area contributed by atoms with Crippen LogP contribution in [-0.4, -0.2) is 11.7 Å². The van der Waals surface area contributed by atoms with Gasteiger partial charge in [-0.2, -0.15) is 0 Å². The maximum Gasteiger partial charge on any atom is 0.227 e. The normalized spacial score (nSPS) is 12.0. The van der Waals surface area contributed by atoms with Crippen LogP contribution in [0.25, 0.3) is 0 Å². The van der Waals surface area contributed by atoms with Crippen LogP contribution < -0.4 is 5.32 Å². The lowest BCUT2D eigenvalue weighted by Gasteiger charge is -2.14. The van der Waals surface area contributed by atoms with Crippen molar-refractivity contribution in [3.05, 3.63) is 35.4 Å². The first-order chi connectivity index (χ1) is 7.90. The van der Waals surface area contributed by atoms with Gasteiger partial charge in [-0.1, -0.05) is 0 Å². The van der Waals surface area contributed by atoms with Crippen molar-refractivity contribution < 1.29 is 18.4 Å². The molecule has 17 heavy (non-hydrogen) atoms. The molecule has 1 aromatic rings. The molecule has 0 aliphatic heterocycles. The van der Waals surface area contributed by atoms with Gasteiger partial charge in [-0.25, -0.2) is 8.78 Å². The van der Waals surface area contributed by atoms with E-state index >= 15 is 0 Å². The van der Waals surface area contributed by atoms with Crippen molar-refractivity contribution in [1.29, 1.82) is 0 Å². The molecule has 92 valence electrons. The monoisotopic (exact) mass is 241 g/mol. The Labute approximate surface area is 97.8 Å². The number of ketones is 1. The lowest BCUT2D eigenvalue weighted by molar-refractivity contribution is -0.127. The fraction of sp³-hybridized carbons (Fsp3) is 0.333. The summed E-state index contributed by atoms with van der Waals surface area (Å²) in [5.41, 5.74) is 0.0573. The van der Waals surface area contributed by atoms with Crippen LogP contribution in [0.1, 0.15) is 31.9 Å². The van der Waals surface area contributed by atoms with Gasteiger partial charge in [0.2, 0.25) is 5.91 Å². The molecule has 1 aromatic carbocycles. The molecule has 1 N–H and O–H groups in total. The van der Waals surface area contributed by atoms with Crippen molar-refractivity contribution in [2.24, 2.45) is 0 Å². The Kier molecular flexibility index (Phi) is 4.31. The van der Waals surface area contributed by atoms with Crippen molar-refractivity contribution in [3.63, 3.8) is 0 Å². The zero-order valence-corrected chi connectivity index (χ0v) is 9.59. The van der Waals surface area contributed by atoms with Gasteiger partial charge in [-0.3, -0.25) is 9.59 Å². The molecular formula is C12H13F2NO2. The van der Waals surface area contributed by atoms with Crippen molar-refractivity contribution in [2.75, 3.05) is 0 Å². The van der Waals surface area contributed by atoms with Crippen LogP contribution in [0.2, 0.25) is 0 Å². The molecule has 0 aliphatic rings. The van der Waals surface area contributed by atoms with Crippen LogP contribution in [-0.2, 0) is 9.59 Å². The zero-order chi connectivity index (χ0) is 13.0. The second-order valence-electron chi connectivity index (χ2n) is 3.83. The predicted molar refractivity (Wildman–Crippen MR) is 58.2 cm³/mol. The molecule has 0 spiro atoms. The summed E-state index contributed by atoms with van der Waals surface area (Å²) in [6, 6.07) is 2.34. The van der Waals surface area contributed by atoms with E-state index in [9.17, 15) is 18.4 Å². The Morgan fingerprint density at radius 1 is 1.35 bits per heavy atom. The predicted octanol–water partition coefficient (Wildman–Crippen LogP) is 2.12. The number of carbonyl (C=O) groups excluding carboxylic acids is 2. The number of amides is 1. The smallest absolute Gasteiger partial charge is 0.227 e. The Morgan fingerprint density at radius 2 is 2.00 bits per heavy atom. The van der Waals surface area contributed by atoms with Gasteiger partial charge in [0.25, 0.3) is 0 Å². The van der Waals surface area contributed by atoms with Gasteiger partial charge in [0, 0.05) is 5.56 Å². The van der Waals surface area contributed by atoms with Crippen LogP contribution in [0.5, 0.6) is 0 Å². The van der Waals surface area contributed by atoms with Crippen molar-refractivity contribution in [2.45, 2.75) is 26.3 Å². The minimum atomic E-state index is -0.683. The van der Waals surface area contributed by atoms with Gasteiger partial charge < -0.3 is 5.32 Å². The average molecular weight is 241 g/mol. The van der Waals surface area contributed by atoms with Crippen LogP contribution in [0.3, 0.4) is 0 Å². The molecule has 1 rings (SSSR count). The van der Waals surface area contributed by atoms with E-state index in [1.54, 1.807) is 0 Å². The van der Waals surface area contributed by atoms with Gasteiger partial charge in [-0.05, 0) is 32.0 Å². The first kappa shape index (κ1) is 13.3. The minimum Gasteiger partial charge on any atom is -0.349 e. The quantitative estimate of drug-likeness (QED) is 0.821. The number of Topliss-reactive ketones (excluding diaryl/α,β-unsaturated/α-hetero) is 1. The van der Waals surface area contributed by atoms with Crippen LogP contribution >= 0.6 is 0 Å². The highest BCUT2D eigenvalue weighted by Crippen LogP contribution is 2.17. The lowest BCUT2D eigenvalue weighted by atomic mass is 10.1.